The molecule has 1 unspecified atom stereocenters. The van der Waals surface area contributed by atoms with Crippen LogP contribution in [0.5, 0.6) is 0 Å². The molecule has 2 aliphatic rings. The van der Waals surface area contributed by atoms with E-state index in [0.717, 1.165) is 12.8 Å². The Bertz CT molecular complexity index is 378. The molecular formula is C10H16ClNO3S. The highest BCUT2D eigenvalue weighted by Gasteiger charge is 2.37. The second-order valence-electron chi connectivity index (χ2n) is 4.68. The lowest BCUT2D eigenvalue weighted by Gasteiger charge is -2.27. The smallest absolute Gasteiger partial charge is 0.237 e. The van der Waals surface area contributed by atoms with E-state index in [4.69, 9.17) is 11.6 Å². The zero-order valence-electron chi connectivity index (χ0n) is 9.06. The van der Waals surface area contributed by atoms with E-state index in [1.807, 2.05) is 0 Å². The Morgan fingerprint density at radius 2 is 2.00 bits per heavy atom. The average Bonchev–Trinajstić information content (AvgIpc) is 2.98. The molecule has 16 heavy (non-hydrogen) atoms. The van der Waals surface area contributed by atoms with Crippen molar-refractivity contribution in [1.29, 1.82) is 0 Å². The summed E-state index contributed by atoms with van der Waals surface area (Å²) in [6.07, 6.45) is 2.86. The van der Waals surface area contributed by atoms with Gasteiger partial charge in [0.2, 0.25) is 5.91 Å². The lowest BCUT2D eigenvalue weighted by Crippen LogP contribution is -2.43. The highest BCUT2D eigenvalue weighted by atomic mass is 35.5. The molecule has 1 amide bonds. The largest absolute Gasteiger partial charge is 0.337 e. The first-order chi connectivity index (χ1) is 7.52. The maximum absolute atomic E-state index is 11.7. The summed E-state index contributed by atoms with van der Waals surface area (Å²) in [5.41, 5.74) is 0. The number of hydrogen-bond donors (Lipinski definition) is 0. The van der Waals surface area contributed by atoms with Crippen molar-refractivity contribution in [3.63, 3.8) is 0 Å². The van der Waals surface area contributed by atoms with E-state index in [1.54, 1.807) is 4.90 Å². The summed E-state index contributed by atoms with van der Waals surface area (Å²) in [5, 5.41) is 0. The molecule has 6 heteroatoms. The fourth-order valence-corrected chi connectivity index (χ4v) is 4.02. The molecule has 1 saturated heterocycles. The van der Waals surface area contributed by atoms with Crippen molar-refractivity contribution in [3.05, 3.63) is 0 Å². The Morgan fingerprint density at radius 3 is 2.44 bits per heavy atom. The predicted molar refractivity (Wildman–Crippen MR) is 62.2 cm³/mol. The fraction of sp³-hybridized carbons (Fsp3) is 0.900. The SMILES string of the molecule is O=C(CCl)N(CC1CC1)C1CCS(=O)(=O)C1. The van der Waals surface area contributed by atoms with Crippen LogP contribution in [0.2, 0.25) is 0 Å². The van der Waals surface area contributed by atoms with Gasteiger partial charge in [-0.1, -0.05) is 0 Å². The van der Waals surface area contributed by atoms with Crippen LogP contribution < -0.4 is 0 Å². The third-order valence-corrected chi connectivity index (χ3v) is 5.21. The molecule has 2 rings (SSSR count). The van der Waals surface area contributed by atoms with Crippen LogP contribution in [0.4, 0.5) is 0 Å². The summed E-state index contributed by atoms with van der Waals surface area (Å²) in [6, 6.07) is -0.142. The van der Waals surface area contributed by atoms with Crippen molar-refractivity contribution in [1.82, 2.24) is 4.90 Å². The van der Waals surface area contributed by atoms with E-state index in [9.17, 15) is 13.2 Å². The minimum Gasteiger partial charge on any atom is -0.337 e. The molecule has 0 aromatic rings. The monoisotopic (exact) mass is 265 g/mol. The minimum absolute atomic E-state index is 0.0523. The number of hydrogen-bond acceptors (Lipinski definition) is 3. The lowest BCUT2D eigenvalue weighted by molar-refractivity contribution is -0.130. The van der Waals surface area contributed by atoms with Crippen molar-refractivity contribution >= 4 is 27.3 Å². The molecule has 0 bridgehead atoms. The third kappa shape index (κ3) is 2.88. The standard InChI is InChI=1S/C10H16ClNO3S/c11-5-10(13)12(6-8-1-2-8)9-3-4-16(14,15)7-9/h8-9H,1-7H2. The zero-order valence-corrected chi connectivity index (χ0v) is 10.6. The Hall–Kier alpha value is -0.290. The van der Waals surface area contributed by atoms with Crippen LogP contribution in [0, 0.1) is 5.92 Å². The lowest BCUT2D eigenvalue weighted by atomic mass is 10.2. The minimum atomic E-state index is -2.93. The van der Waals surface area contributed by atoms with Crippen molar-refractivity contribution in [2.75, 3.05) is 23.9 Å². The number of rotatable bonds is 4. The fourth-order valence-electron chi connectivity index (χ4n) is 2.13. The van der Waals surface area contributed by atoms with Gasteiger partial charge in [0.15, 0.2) is 9.84 Å². The summed E-state index contributed by atoms with van der Waals surface area (Å²) in [4.78, 5) is 13.4. The van der Waals surface area contributed by atoms with Gasteiger partial charge < -0.3 is 4.90 Å². The highest BCUT2D eigenvalue weighted by Crippen LogP contribution is 2.31. The zero-order chi connectivity index (χ0) is 11.8. The Labute approximate surface area is 101 Å². The first-order valence-electron chi connectivity index (χ1n) is 5.57. The van der Waals surface area contributed by atoms with Gasteiger partial charge >= 0.3 is 0 Å². The number of nitrogens with zero attached hydrogens (tertiary/aromatic N) is 1. The van der Waals surface area contributed by atoms with Gasteiger partial charge in [0.1, 0.15) is 5.88 Å². The summed E-state index contributed by atoms with van der Waals surface area (Å²) in [5.74, 6) is 0.700. The summed E-state index contributed by atoms with van der Waals surface area (Å²) in [6.45, 7) is 0.686. The van der Waals surface area contributed by atoms with Crippen molar-refractivity contribution < 1.29 is 13.2 Å². The van der Waals surface area contributed by atoms with Crippen molar-refractivity contribution in [2.45, 2.75) is 25.3 Å². The molecule has 92 valence electrons. The van der Waals surface area contributed by atoms with Crippen LogP contribution >= 0.6 is 11.6 Å². The van der Waals surface area contributed by atoms with Gasteiger partial charge in [-0.05, 0) is 25.2 Å². The first kappa shape index (κ1) is 12.2. The van der Waals surface area contributed by atoms with Crippen LogP contribution in [0.3, 0.4) is 0 Å². The molecule has 0 N–H and O–H groups in total. The average molecular weight is 266 g/mol. The van der Waals surface area contributed by atoms with Gasteiger partial charge in [0, 0.05) is 12.6 Å². The maximum Gasteiger partial charge on any atom is 0.237 e. The van der Waals surface area contributed by atoms with Crippen LogP contribution in [0.15, 0.2) is 0 Å². The topological polar surface area (TPSA) is 54.5 Å². The van der Waals surface area contributed by atoms with Gasteiger partial charge in [0.05, 0.1) is 11.5 Å². The van der Waals surface area contributed by atoms with Crippen LogP contribution in [0.1, 0.15) is 19.3 Å². The summed E-state index contributed by atoms with van der Waals surface area (Å²) >= 11 is 5.56. The van der Waals surface area contributed by atoms with Crippen LogP contribution in [-0.2, 0) is 14.6 Å². The van der Waals surface area contributed by atoms with E-state index in [1.165, 1.54) is 0 Å². The van der Waals surface area contributed by atoms with E-state index in [0.29, 0.717) is 18.9 Å². The molecule has 0 spiro atoms. The molecular weight excluding hydrogens is 250 g/mol. The quantitative estimate of drug-likeness (QED) is 0.702. The van der Waals surface area contributed by atoms with Crippen LogP contribution in [-0.4, -0.2) is 49.2 Å². The normalized spacial score (nSPS) is 27.9. The second kappa shape index (κ2) is 4.53. The highest BCUT2D eigenvalue weighted by molar-refractivity contribution is 7.91. The van der Waals surface area contributed by atoms with Gasteiger partial charge in [-0.15, -0.1) is 11.6 Å². The molecule has 2 fully saturated rings. The van der Waals surface area contributed by atoms with Gasteiger partial charge in [-0.25, -0.2) is 8.42 Å². The Kier molecular flexibility index (Phi) is 3.45. The van der Waals surface area contributed by atoms with Crippen molar-refractivity contribution in [3.8, 4) is 0 Å². The number of carbonyl (C=O) groups is 1. The molecule has 1 heterocycles. The molecule has 0 radical (unpaired) electrons. The second-order valence-corrected chi connectivity index (χ2v) is 7.18. The van der Waals surface area contributed by atoms with Gasteiger partial charge in [0.25, 0.3) is 0 Å². The number of sulfone groups is 1. The molecule has 4 nitrogen and oxygen atoms in total. The van der Waals surface area contributed by atoms with Crippen molar-refractivity contribution in [2.24, 2.45) is 5.92 Å². The van der Waals surface area contributed by atoms with E-state index < -0.39 is 9.84 Å². The van der Waals surface area contributed by atoms with Crippen LogP contribution in [0.25, 0.3) is 0 Å². The Morgan fingerprint density at radius 1 is 1.31 bits per heavy atom. The first-order valence-corrected chi connectivity index (χ1v) is 7.93. The summed E-state index contributed by atoms with van der Waals surface area (Å²) in [7, 11) is -2.93. The predicted octanol–water partition coefficient (Wildman–Crippen LogP) is 0.651. The summed E-state index contributed by atoms with van der Waals surface area (Å²) < 4.78 is 22.8. The van der Waals surface area contributed by atoms with Gasteiger partial charge in [-0.2, -0.15) is 0 Å². The third-order valence-electron chi connectivity index (χ3n) is 3.24. The number of alkyl halides is 1. The van der Waals surface area contributed by atoms with E-state index in [2.05, 4.69) is 0 Å². The number of amides is 1. The molecule has 1 atom stereocenters. The molecule has 1 saturated carbocycles. The van der Waals surface area contributed by atoms with E-state index >= 15 is 0 Å². The molecule has 1 aliphatic heterocycles. The van der Waals surface area contributed by atoms with Gasteiger partial charge in [-0.3, -0.25) is 4.79 Å². The molecule has 0 aromatic carbocycles. The van der Waals surface area contributed by atoms with E-state index in [-0.39, 0.29) is 29.3 Å². The Balaban J connectivity index is 2.03. The number of halogens is 1. The maximum atomic E-state index is 11.7. The molecule has 1 aliphatic carbocycles. The number of carbonyl (C=O) groups excluding carboxylic acids is 1. The molecule has 0 aromatic heterocycles.